The van der Waals surface area contributed by atoms with E-state index in [2.05, 4.69) is 36.5 Å². The number of anilines is 2. The van der Waals surface area contributed by atoms with E-state index >= 15 is 0 Å². The Morgan fingerprint density at radius 2 is 1.91 bits per heavy atom. The third-order valence-corrected chi connectivity index (χ3v) is 9.33. The summed E-state index contributed by atoms with van der Waals surface area (Å²) in [5.74, 6) is 1.69. The number of halogens is 2. The number of rotatable bonds is 12. The quantitative estimate of drug-likeness (QED) is 0.123. The first kappa shape index (κ1) is 33.5. The van der Waals surface area contributed by atoms with Crippen molar-refractivity contribution in [1.82, 2.24) is 20.3 Å². The Morgan fingerprint density at radius 3 is 2.61 bits per heavy atom. The lowest BCUT2D eigenvalue weighted by Gasteiger charge is -2.16. The Hall–Kier alpha value is -3.91. The van der Waals surface area contributed by atoms with Crippen molar-refractivity contribution in [3.8, 4) is 22.8 Å². The first-order chi connectivity index (χ1) is 22.1. The minimum Gasteiger partial charge on any atom is -0.496 e. The molecule has 2 heterocycles. The van der Waals surface area contributed by atoms with E-state index in [1.54, 1.807) is 13.2 Å². The number of methoxy groups -OCH3 is 1. The van der Waals surface area contributed by atoms with Crippen LogP contribution < -0.4 is 20.1 Å². The summed E-state index contributed by atoms with van der Waals surface area (Å²) in [5, 5.41) is 10.1. The van der Waals surface area contributed by atoms with Crippen molar-refractivity contribution in [2.45, 2.75) is 46.3 Å². The summed E-state index contributed by atoms with van der Waals surface area (Å²) < 4.78 is 49.6. The molecule has 46 heavy (non-hydrogen) atoms. The zero-order valence-corrected chi connectivity index (χ0v) is 28.9. The van der Waals surface area contributed by atoms with Crippen molar-refractivity contribution in [3.05, 3.63) is 87.2 Å². The molecule has 0 bridgehead atoms. The molecule has 0 aliphatic carbocycles. The molecule has 1 atom stereocenters. The molecule has 0 fully saturated rings. The van der Waals surface area contributed by atoms with Crippen LogP contribution in [0.3, 0.4) is 0 Å². The molecule has 0 saturated carbocycles. The Morgan fingerprint density at radius 1 is 1.09 bits per heavy atom. The van der Waals surface area contributed by atoms with Gasteiger partial charge in [0, 0.05) is 28.1 Å². The first-order valence-electron chi connectivity index (χ1n) is 14.6. The van der Waals surface area contributed by atoms with Gasteiger partial charge in [0.25, 0.3) is 0 Å². The number of hydrogen-bond acceptors (Lipinski definition) is 9. The predicted octanol–water partition coefficient (Wildman–Crippen LogP) is 8.08. The molecular weight excluding hydrogens is 693 g/mol. The van der Waals surface area contributed by atoms with E-state index in [-0.39, 0.29) is 29.4 Å². The highest BCUT2D eigenvalue weighted by Gasteiger charge is 2.20. The van der Waals surface area contributed by atoms with Gasteiger partial charge in [0.05, 0.1) is 28.8 Å². The van der Waals surface area contributed by atoms with E-state index in [0.717, 1.165) is 31.7 Å². The second-order valence-electron chi connectivity index (χ2n) is 10.9. The zero-order valence-electron chi connectivity index (χ0n) is 25.7. The second-order valence-corrected chi connectivity index (χ2v) is 13.6. The lowest BCUT2D eigenvalue weighted by Crippen LogP contribution is -2.29. The molecule has 0 aliphatic heterocycles. The van der Waals surface area contributed by atoms with E-state index < -0.39 is 10.3 Å². The molecule has 0 aliphatic rings. The summed E-state index contributed by atoms with van der Waals surface area (Å²) in [5.41, 5.74) is 3.63. The number of nitrogens with zero attached hydrogens (tertiary/aromatic N) is 3. The average molecular weight is 727 g/mol. The topological polar surface area (TPSA) is 115 Å². The minimum absolute atomic E-state index is 0.191. The van der Waals surface area contributed by atoms with Crippen molar-refractivity contribution < 1.29 is 22.3 Å². The van der Waals surface area contributed by atoms with Crippen molar-refractivity contribution in [2.24, 2.45) is 5.92 Å². The summed E-state index contributed by atoms with van der Waals surface area (Å²) >= 11 is 5.04. The Balaban J connectivity index is 1.41. The SMILES string of the molecule is CCC(NC(CC(C)C)=S(=O)=O)c1nc(-c2cc3c(Nc4ccc(OCc5cccc(F)c5)c(Br)c4)ncnc3cc2OC)cs1. The van der Waals surface area contributed by atoms with E-state index in [0.29, 0.717) is 41.4 Å². The highest BCUT2D eigenvalue weighted by Crippen LogP contribution is 2.38. The maximum Gasteiger partial charge on any atom is 0.228 e. The van der Waals surface area contributed by atoms with Crippen LogP contribution in [0.25, 0.3) is 22.2 Å². The Kier molecular flexibility index (Phi) is 11.0. The second kappa shape index (κ2) is 15.1. The predicted molar refractivity (Wildman–Crippen MR) is 185 cm³/mol. The maximum absolute atomic E-state index is 13.5. The molecule has 13 heteroatoms. The molecule has 5 rings (SSSR count). The van der Waals surface area contributed by atoms with Crippen LogP contribution in [0.15, 0.2) is 70.8 Å². The van der Waals surface area contributed by atoms with E-state index in [1.165, 1.54) is 29.8 Å². The number of ether oxygens (including phenoxy) is 2. The number of aromatic nitrogens is 3. The van der Waals surface area contributed by atoms with Crippen molar-refractivity contribution in [1.29, 1.82) is 0 Å². The van der Waals surface area contributed by atoms with Gasteiger partial charge in [-0.2, -0.15) is 8.42 Å². The van der Waals surface area contributed by atoms with Gasteiger partial charge in [0.1, 0.15) is 46.1 Å². The highest BCUT2D eigenvalue weighted by atomic mass is 79.9. The molecule has 0 amide bonds. The smallest absolute Gasteiger partial charge is 0.228 e. The summed E-state index contributed by atoms with van der Waals surface area (Å²) in [6.45, 7) is 6.19. The van der Waals surface area contributed by atoms with Crippen LogP contribution >= 0.6 is 27.3 Å². The molecule has 0 saturated heterocycles. The van der Waals surface area contributed by atoms with Crippen molar-refractivity contribution in [2.75, 3.05) is 12.4 Å². The third kappa shape index (κ3) is 8.08. The monoisotopic (exact) mass is 725 g/mol. The molecule has 0 spiro atoms. The van der Waals surface area contributed by atoms with Gasteiger partial charge in [-0.05, 0) is 76.7 Å². The molecule has 240 valence electrons. The van der Waals surface area contributed by atoms with Gasteiger partial charge in [-0.15, -0.1) is 11.3 Å². The van der Waals surface area contributed by atoms with Crippen LogP contribution in [0.5, 0.6) is 11.5 Å². The van der Waals surface area contributed by atoms with E-state index in [1.807, 2.05) is 62.5 Å². The summed E-state index contributed by atoms with van der Waals surface area (Å²) in [6.07, 6.45) is 2.58. The molecule has 0 radical (unpaired) electrons. The van der Waals surface area contributed by atoms with Gasteiger partial charge < -0.3 is 14.8 Å². The fourth-order valence-corrected chi connectivity index (χ4v) is 6.98. The molecule has 5 aromatic rings. The molecule has 2 aromatic heterocycles. The van der Waals surface area contributed by atoms with Crippen LogP contribution in [-0.4, -0.2) is 35.5 Å². The number of fused-ring (bicyclic) bond motifs is 1. The van der Waals surface area contributed by atoms with Crippen molar-refractivity contribution in [3.63, 3.8) is 0 Å². The normalized spacial score (nSPS) is 11.9. The van der Waals surface area contributed by atoms with Gasteiger partial charge in [0.15, 0.2) is 0 Å². The standard InChI is InChI=1S/C33H33BrFN5O4S2/c1-5-26(39-31(46(41)42)11-19(2)3)33-40-28(17-45-33)23-14-24-27(15-30(23)43-4)36-18-37-32(24)38-22-9-10-29(25(34)13-22)44-16-20-7-6-8-21(35)12-20/h6-10,12-15,17-19,26,39H,5,11,16H2,1-4H3,(H,36,37,38). The van der Waals surface area contributed by atoms with Gasteiger partial charge >= 0.3 is 0 Å². The minimum atomic E-state index is -2.33. The fourth-order valence-electron chi connectivity index (χ4n) is 4.82. The molecular formula is C33H33BrFN5O4S2. The largest absolute Gasteiger partial charge is 0.496 e. The molecule has 2 N–H and O–H groups in total. The average Bonchev–Trinajstić information content (AvgIpc) is 3.52. The lowest BCUT2D eigenvalue weighted by atomic mass is 10.1. The molecule has 1 unspecified atom stereocenters. The van der Waals surface area contributed by atoms with Crippen molar-refractivity contribution >= 4 is 65.0 Å². The van der Waals surface area contributed by atoms with Gasteiger partial charge in [-0.3, -0.25) is 5.32 Å². The van der Waals surface area contributed by atoms with Crippen LogP contribution in [-0.2, 0) is 16.9 Å². The molecule has 9 nitrogen and oxygen atoms in total. The van der Waals surface area contributed by atoms with E-state index in [4.69, 9.17) is 14.5 Å². The van der Waals surface area contributed by atoms with Crippen LogP contribution in [0.1, 0.15) is 50.2 Å². The van der Waals surface area contributed by atoms with Gasteiger partial charge in [-0.1, -0.05) is 32.9 Å². The Labute approximate surface area is 280 Å². The summed E-state index contributed by atoms with van der Waals surface area (Å²) in [6, 6.07) is 15.4. The van der Waals surface area contributed by atoms with Crippen LogP contribution in [0.2, 0.25) is 0 Å². The highest BCUT2D eigenvalue weighted by molar-refractivity contribution is 9.10. The number of thiazole rings is 1. The fraction of sp³-hybridized carbons (Fsp3) is 0.273. The molecule has 3 aromatic carbocycles. The third-order valence-electron chi connectivity index (χ3n) is 7.07. The summed E-state index contributed by atoms with van der Waals surface area (Å²) in [4.78, 5) is 14.2. The van der Waals surface area contributed by atoms with Gasteiger partial charge in [-0.25, -0.2) is 19.3 Å². The van der Waals surface area contributed by atoms with Crippen LogP contribution in [0, 0.1) is 11.7 Å². The Bertz CT molecular complexity index is 1990. The zero-order chi connectivity index (χ0) is 32.8. The maximum atomic E-state index is 13.5. The number of nitrogens with one attached hydrogen (secondary N) is 2. The first-order valence-corrected chi connectivity index (χ1v) is 17.3. The van der Waals surface area contributed by atoms with Crippen LogP contribution in [0.4, 0.5) is 15.9 Å². The number of benzene rings is 3. The number of hydrogen-bond donors (Lipinski definition) is 2. The summed E-state index contributed by atoms with van der Waals surface area (Å²) in [7, 11) is -0.735. The lowest BCUT2D eigenvalue weighted by molar-refractivity contribution is 0.303. The van der Waals surface area contributed by atoms with E-state index in [9.17, 15) is 12.8 Å². The van der Waals surface area contributed by atoms with Gasteiger partial charge in [0.2, 0.25) is 10.3 Å².